The number of carbonyl (C=O) groups is 1. The quantitative estimate of drug-likeness (QED) is 0.691. The highest BCUT2D eigenvalue weighted by molar-refractivity contribution is 5.96. The first-order valence-electron chi connectivity index (χ1n) is 5.79. The molecule has 2 heteroatoms. The zero-order chi connectivity index (χ0) is 10.5. The number of Topliss-reactive ketones (excluding diaryl/α,β-unsaturated/α-hetero) is 1. The molecule has 2 saturated carbocycles. The number of ketones is 1. The molecule has 2 nitrogen and oxygen atoms in total. The zero-order valence-electron chi connectivity index (χ0n) is 9.08. The third kappa shape index (κ3) is 1.35. The molecular formula is C13H16O2. The lowest BCUT2D eigenvalue weighted by atomic mass is 9.51. The molecule has 0 radical (unpaired) electrons. The van der Waals surface area contributed by atoms with Crippen molar-refractivity contribution in [3.8, 4) is 0 Å². The van der Waals surface area contributed by atoms with Crippen molar-refractivity contribution in [2.75, 3.05) is 0 Å². The van der Waals surface area contributed by atoms with Crippen LogP contribution in [0.5, 0.6) is 0 Å². The van der Waals surface area contributed by atoms with Crippen molar-refractivity contribution in [1.29, 1.82) is 0 Å². The molecule has 0 unspecified atom stereocenters. The third-order valence-electron chi connectivity index (χ3n) is 4.13. The Labute approximate surface area is 89.7 Å². The summed E-state index contributed by atoms with van der Waals surface area (Å²) in [5.41, 5.74) is 0.571. The summed E-state index contributed by atoms with van der Waals surface area (Å²) in [6.07, 6.45) is 6.25. The lowest BCUT2D eigenvalue weighted by Gasteiger charge is -2.53. The second-order valence-corrected chi connectivity index (χ2v) is 5.23. The standard InChI is InChI=1S/C13H16O2/c1-9-3-4-11(15-9)12(14)10-7-13(8-10)5-2-6-13/h3-4,10H,2,5-8H2,1H3. The Kier molecular flexibility index (Phi) is 1.82. The first kappa shape index (κ1) is 9.20. The molecule has 0 bridgehead atoms. The Morgan fingerprint density at radius 2 is 2.13 bits per heavy atom. The van der Waals surface area contributed by atoms with E-state index in [9.17, 15) is 4.79 Å². The van der Waals surface area contributed by atoms with Gasteiger partial charge >= 0.3 is 0 Å². The van der Waals surface area contributed by atoms with Crippen molar-refractivity contribution in [3.05, 3.63) is 23.7 Å². The summed E-state index contributed by atoms with van der Waals surface area (Å²) in [6.45, 7) is 1.88. The van der Waals surface area contributed by atoms with Gasteiger partial charge in [-0.1, -0.05) is 6.42 Å². The van der Waals surface area contributed by atoms with Gasteiger partial charge in [0.05, 0.1) is 0 Å². The van der Waals surface area contributed by atoms with Crippen molar-refractivity contribution in [2.24, 2.45) is 11.3 Å². The normalized spacial score (nSPS) is 23.5. The molecule has 0 amide bonds. The molecule has 1 aromatic rings. The van der Waals surface area contributed by atoms with Crippen LogP contribution < -0.4 is 0 Å². The number of hydrogen-bond donors (Lipinski definition) is 0. The molecule has 2 aliphatic rings. The van der Waals surface area contributed by atoms with Crippen LogP contribution in [0.4, 0.5) is 0 Å². The van der Waals surface area contributed by atoms with Crippen LogP contribution in [0.25, 0.3) is 0 Å². The van der Waals surface area contributed by atoms with E-state index >= 15 is 0 Å². The molecule has 15 heavy (non-hydrogen) atoms. The van der Waals surface area contributed by atoms with Crippen LogP contribution in [-0.4, -0.2) is 5.78 Å². The molecule has 1 heterocycles. The van der Waals surface area contributed by atoms with E-state index in [4.69, 9.17) is 4.42 Å². The van der Waals surface area contributed by atoms with Crippen molar-refractivity contribution < 1.29 is 9.21 Å². The first-order chi connectivity index (χ1) is 7.19. The topological polar surface area (TPSA) is 30.2 Å². The van der Waals surface area contributed by atoms with E-state index in [0.717, 1.165) is 18.6 Å². The Morgan fingerprint density at radius 1 is 1.40 bits per heavy atom. The van der Waals surface area contributed by atoms with Gasteiger partial charge in [-0.15, -0.1) is 0 Å². The Bertz CT molecular complexity index is 390. The predicted molar refractivity (Wildman–Crippen MR) is 56.8 cm³/mol. The molecule has 80 valence electrons. The number of furan rings is 1. The summed E-state index contributed by atoms with van der Waals surface area (Å²) in [5, 5.41) is 0. The SMILES string of the molecule is Cc1ccc(C(=O)C2CC3(CCC3)C2)o1. The number of hydrogen-bond acceptors (Lipinski definition) is 2. The van der Waals surface area contributed by atoms with Crippen molar-refractivity contribution in [3.63, 3.8) is 0 Å². The molecule has 2 aliphatic carbocycles. The van der Waals surface area contributed by atoms with Crippen LogP contribution in [0, 0.1) is 18.3 Å². The summed E-state index contributed by atoms with van der Waals surface area (Å²) in [6, 6.07) is 3.68. The lowest BCUT2D eigenvalue weighted by Crippen LogP contribution is -2.45. The van der Waals surface area contributed by atoms with Gasteiger partial charge in [-0.2, -0.15) is 0 Å². The van der Waals surface area contributed by atoms with Crippen molar-refractivity contribution in [2.45, 2.75) is 39.0 Å². The number of aryl methyl sites for hydroxylation is 1. The minimum Gasteiger partial charge on any atom is -0.458 e. The fourth-order valence-electron chi connectivity index (χ4n) is 3.02. The van der Waals surface area contributed by atoms with Gasteiger partial charge in [0.15, 0.2) is 5.76 Å². The molecule has 3 rings (SSSR count). The van der Waals surface area contributed by atoms with Gasteiger partial charge < -0.3 is 4.42 Å². The minimum absolute atomic E-state index is 0.223. The fraction of sp³-hybridized carbons (Fsp3) is 0.615. The van der Waals surface area contributed by atoms with Crippen LogP contribution >= 0.6 is 0 Å². The molecule has 1 spiro atoms. The number of rotatable bonds is 2. The third-order valence-corrected chi connectivity index (χ3v) is 4.13. The predicted octanol–water partition coefficient (Wildman–Crippen LogP) is 3.35. The molecule has 0 saturated heterocycles. The summed E-state index contributed by atoms with van der Waals surface area (Å²) in [4.78, 5) is 12.0. The molecule has 0 aliphatic heterocycles. The maximum atomic E-state index is 12.0. The van der Waals surface area contributed by atoms with Gasteiger partial charge in [-0.05, 0) is 50.2 Å². The largest absolute Gasteiger partial charge is 0.458 e. The van der Waals surface area contributed by atoms with E-state index in [2.05, 4.69) is 0 Å². The van der Waals surface area contributed by atoms with E-state index in [1.807, 2.05) is 19.1 Å². The lowest BCUT2D eigenvalue weighted by molar-refractivity contribution is -0.0161. The maximum absolute atomic E-state index is 12.0. The van der Waals surface area contributed by atoms with Crippen LogP contribution in [0.15, 0.2) is 16.5 Å². The monoisotopic (exact) mass is 204 g/mol. The van der Waals surface area contributed by atoms with Gasteiger partial charge in [0.25, 0.3) is 0 Å². The van der Waals surface area contributed by atoms with E-state index in [1.54, 1.807) is 0 Å². The summed E-state index contributed by atoms with van der Waals surface area (Å²) >= 11 is 0. The smallest absolute Gasteiger partial charge is 0.201 e. The maximum Gasteiger partial charge on any atom is 0.201 e. The summed E-state index contributed by atoms with van der Waals surface area (Å²) in [7, 11) is 0. The second-order valence-electron chi connectivity index (χ2n) is 5.23. The average Bonchev–Trinajstić information content (AvgIpc) is 2.46. The van der Waals surface area contributed by atoms with E-state index < -0.39 is 0 Å². The minimum atomic E-state index is 0.223. The summed E-state index contributed by atoms with van der Waals surface area (Å²) in [5.74, 6) is 1.86. The highest BCUT2D eigenvalue weighted by atomic mass is 16.3. The van der Waals surface area contributed by atoms with E-state index in [1.165, 1.54) is 19.3 Å². The first-order valence-corrected chi connectivity index (χ1v) is 5.79. The van der Waals surface area contributed by atoms with Crippen LogP contribution in [-0.2, 0) is 0 Å². The second kappa shape index (κ2) is 2.97. The van der Waals surface area contributed by atoms with Gasteiger partial charge in [-0.25, -0.2) is 0 Å². The van der Waals surface area contributed by atoms with Crippen LogP contribution in [0.3, 0.4) is 0 Å². The fourth-order valence-corrected chi connectivity index (χ4v) is 3.02. The summed E-state index contributed by atoms with van der Waals surface area (Å²) < 4.78 is 5.37. The zero-order valence-corrected chi connectivity index (χ0v) is 9.08. The van der Waals surface area contributed by atoms with Crippen LogP contribution in [0.1, 0.15) is 48.4 Å². The van der Waals surface area contributed by atoms with E-state index in [-0.39, 0.29) is 11.7 Å². The van der Waals surface area contributed by atoms with E-state index in [0.29, 0.717) is 11.2 Å². The Balaban J connectivity index is 1.67. The van der Waals surface area contributed by atoms with Gasteiger partial charge in [0.1, 0.15) is 5.76 Å². The molecule has 0 aromatic carbocycles. The molecular weight excluding hydrogens is 188 g/mol. The Hall–Kier alpha value is -1.05. The molecule has 0 atom stereocenters. The van der Waals surface area contributed by atoms with Gasteiger partial charge in [0.2, 0.25) is 5.78 Å². The van der Waals surface area contributed by atoms with Gasteiger partial charge in [0, 0.05) is 5.92 Å². The average molecular weight is 204 g/mol. The van der Waals surface area contributed by atoms with Gasteiger partial charge in [-0.3, -0.25) is 4.79 Å². The molecule has 2 fully saturated rings. The van der Waals surface area contributed by atoms with Crippen LogP contribution in [0.2, 0.25) is 0 Å². The Morgan fingerprint density at radius 3 is 2.60 bits per heavy atom. The highest BCUT2D eigenvalue weighted by Crippen LogP contribution is 2.59. The van der Waals surface area contributed by atoms with Crippen molar-refractivity contribution in [1.82, 2.24) is 0 Å². The van der Waals surface area contributed by atoms with Crippen molar-refractivity contribution >= 4 is 5.78 Å². The molecule has 0 N–H and O–H groups in total. The number of carbonyl (C=O) groups excluding carboxylic acids is 1. The highest BCUT2D eigenvalue weighted by Gasteiger charge is 2.50. The molecule has 1 aromatic heterocycles.